The molecule has 1 atom stereocenters. The fourth-order valence-electron chi connectivity index (χ4n) is 2.33. The number of benzene rings is 1. The van der Waals surface area contributed by atoms with Crippen molar-refractivity contribution >= 4 is 17.5 Å². The Morgan fingerprint density at radius 1 is 1.08 bits per heavy atom. The topological polar surface area (TPSA) is 60.7 Å². The maximum absolute atomic E-state index is 12.6. The molecule has 5 nitrogen and oxygen atoms in total. The van der Waals surface area contributed by atoms with E-state index >= 15 is 0 Å². The van der Waals surface area contributed by atoms with Gasteiger partial charge in [-0.2, -0.15) is 0 Å². The zero-order valence-corrected chi connectivity index (χ0v) is 14.6. The first-order valence-electron chi connectivity index (χ1n) is 7.63. The molecule has 1 aromatic carbocycles. The highest BCUT2D eigenvalue weighted by atomic mass is 32.2. The summed E-state index contributed by atoms with van der Waals surface area (Å²) >= 11 is 1.42. The smallest absolute Gasteiger partial charge is 0.191 e. The van der Waals surface area contributed by atoms with E-state index in [4.69, 9.17) is 0 Å². The van der Waals surface area contributed by atoms with Gasteiger partial charge in [0, 0.05) is 30.6 Å². The second kappa shape index (κ2) is 6.97. The number of hydrogen-bond donors (Lipinski definition) is 0. The average Bonchev–Trinajstić information content (AvgIpc) is 2.96. The summed E-state index contributed by atoms with van der Waals surface area (Å²) in [6.45, 7) is 3.90. The number of nitrogens with zero attached hydrogens (tertiary/aromatic N) is 4. The Morgan fingerprint density at radius 2 is 1.75 bits per heavy atom. The number of hydrogen-bond acceptors (Lipinski definition) is 5. The number of pyridine rings is 1. The van der Waals surface area contributed by atoms with Crippen molar-refractivity contribution in [2.75, 3.05) is 0 Å². The van der Waals surface area contributed by atoms with Crippen molar-refractivity contribution in [3.05, 3.63) is 59.9 Å². The maximum atomic E-state index is 12.6. The van der Waals surface area contributed by atoms with Crippen molar-refractivity contribution in [3.8, 4) is 11.4 Å². The lowest BCUT2D eigenvalue weighted by molar-refractivity contribution is 0.0994. The Bertz CT molecular complexity index is 843. The molecule has 0 spiro atoms. The molecule has 0 N–H and O–H groups in total. The standard InChI is InChI=1S/C18H18N4OS/c1-12-4-6-14(7-5-12)16(23)13(2)24-18-21-20-17(22(18)3)15-8-10-19-11-9-15/h4-11,13H,1-3H3/t13-/m1/s1. The summed E-state index contributed by atoms with van der Waals surface area (Å²) in [5.41, 5.74) is 2.81. The largest absolute Gasteiger partial charge is 0.305 e. The van der Waals surface area contributed by atoms with Crippen LogP contribution in [0.25, 0.3) is 11.4 Å². The molecule has 0 bridgehead atoms. The highest BCUT2D eigenvalue weighted by molar-refractivity contribution is 8.00. The quantitative estimate of drug-likeness (QED) is 0.526. The first kappa shape index (κ1) is 16.4. The second-order valence-electron chi connectivity index (χ2n) is 5.59. The third-order valence-electron chi connectivity index (χ3n) is 3.76. The van der Waals surface area contributed by atoms with Gasteiger partial charge in [-0.05, 0) is 26.0 Å². The molecule has 24 heavy (non-hydrogen) atoms. The number of rotatable bonds is 5. The van der Waals surface area contributed by atoms with Crippen molar-refractivity contribution in [1.82, 2.24) is 19.7 Å². The number of aryl methyl sites for hydroxylation is 1. The molecule has 3 aromatic rings. The lowest BCUT2D eigenvalue weighted by Gasteiger charge is -2.10. The monoisotopic (exact) mass is 338 g/mol. The predicted octanol–water partition coefficient (Wildman–Crippen LogP) is 3.55. The third-order valence-corrected chi connectivity index (χ3v) is 4.89. The van der Waals surface area contributed by atoms with Gasteiger partial charge in [-0.1, -0.05) is 41.6 Å². The number of carbonyl (C=O) groups excluding carboxylic acids is 1. The summed E-state index contributed by atoms with van der Waals surface area (Å²) in [6.07, 6.45) is 3.45. The molecule has 0 radical (unpaired) electrons. The van der Waals surface area contributed by atoms with Gasteiger partial charge in [0.1, 0.15) is 0 Å². The van der Waals surface area contributed by atoms with Crippen LogP contribution in [0, 0.1) is 6.92 Å². The van der Waals surface area contributed by atoms with Crippen LogP contribution in [0.2, 0.25) is 0 Å². The van der Waals surface area contributed by atoms with Gasteiger partial charge in [0.15, 0.2) is 16.8 Å². The van der Waals surface area contributed by atoms with Crippen LogP contribution in [0.4, 0.5) is 0 Å². The van der Waals surface area contributed by atoms with Gasteiger partial charge in [0.2, 0.25) is 0 Å². The molecule has 0 saturated heterocycles. The molecule has 0 aliphatic heterocycles. The molecule has 6 heteroatoms. The van der Waals surface area contributed by atoms with Crippen molar-refractivity contribution in [1.29, 1.82) is 0 Å². The van der Waals surface area contributed by atoms with E-state index in [1.54, 1.807) is 12.4 Å². The number of carbonyl (C=O) groups is 1. The minimum Gasteiger partial charge on any atom is -0.305 e. The molecule has 0 aliphatic carbocycles. The second-order valence-corrected chi connectivity index (χ2v) is 6.90. The molecule has 2 aromatic heterocycles. The van der Waals surface area contributed by atoms with Crippen LogP contribution in [0.3, 0.4) is 0 Å². The third kappa shape index (κ3) is 3.38. The first-order valence-corrected chi connectivity index (χ1v) is 8.51. The summed E-state index contributed by atoms with van der Waals surface area (Å²) < 4.78 is 1.90. The molecule has 0 saturated carbocycles. The van der Waals surface area contributed by atoms with E-state index in [2.05, 4.69) is 15.2 Å². The SMILES string of the molecule is Cc1ccc(C(=O)[C@@H](C)Sc2nnc(-c3ccncc3)n2C)cc1. The zero-order valence-electron chi connectivity index (χ0n) is 13.8. The van der Waals surface area contributed by atoms with E-state index in [1.165, 1.54) is 11.8 Å². The first-order chi connectivity index (χ1) is 11.6. The lowest BCUT2D eigenvalue weighted by Crippen LogP contribution is -2.14. The van der Waals surface area contributed by atoms with Crippen LogP contribution in [0.1, 0.15) is 22.8 Å². The minimum atomic E-state index is -0.235. The molecule has 0 amide bonds. The van der Waals surface area contributed by atoms with Crippen molar-refractivity contribution in [3.63, 3.8) is 0 Å². The van der Waals surface area contributed by atoms with Crippen molar-refractivity contribution in [2.45, 2.75) is 24.3 Å². The summed E-state index contributed by atoms with van der Waals surface area (Å²) in [4.78, 5) is 16.6. The Kier molecular flexibility index (Phi) is 4.76. The van der Waals surface area contributed by atoms with E-state index in [-0.39, 0.29) is 11.0 Å². The van der Waals surface area contributed by atoms with Crippen LogP contribution >= 0.6 is 11.8 Å². The predicted molar refractivity (Wildman–Crippen MR) is 95.1 cm³/mol. The summed E-state index contributed by atoms with van der Waals surface area (Å²) in [7, 11) is 1.90. The molecule has 0 unspecified atom stereocenters. The van der Waals surface area contributed by atoms with Crippen LogP contribution in [-0.4, -0.2) is 30.8 Å². The van der Waals surface area contributed by atoms with E-state index in [9.17, 15) is 4.79 Å². The van der Waals surface area contributed by atoms with Gasteiger partial charge < -0.3 is 4.57 Å². The Labute approximate surface area is 145 Å². The average molecular weight is 338 g/mol. The highest BCUT2D eigenvalue weighted by Crippen LogP contribution is 2.27. The molecule has 3 rings (SSSR count). The zero-order chi connectivity index (χ0) is 17.1. The van der Waals surface area contributed by atoms with Gasteiger partial charge in [-0.25, -0.2) is 0 Å². The van der Waals surface area contributed by atoms with Gasteiger partial charge in [-0.3, -0.25) is 9.78 Å². The summed E-state index contributed by atoms with van der Waals surface area (Å²) in [5.74, 6) is 0.850. The Hall–Kier alpha value is -2.47. The lowest BCUT2D eigenvalue weighted by atomic mass is 10.1. The molecular formula is C18H18N4OS. The molecule has 0 fully saturated rings. The van der Waals surface area contributed by atoms with E-state index in [1.807, 2.05) is 61.9 Å². The normalized spacial score (nSPS) is 12.1. The highest BCUT2D eigenvalue weighted by Gasteiger charge is 2.20. The molecule has 2 heterocycles. The van der Waals surface area contributed by atoms with Crippen LogP contribution < -0.4 is 0 Å². The van der Waals surface area contributed by atoms with Crippen LogP contribution in [0.15, 0.2) is 53.9 Å². The van der Waals surface area contributed by atoms with Crippen LogP contribution in [0.5, 0.6) is 0 Å². The summed E-state index contributed by atoms with van der Waals surface area (Å²) in [6, 6.07) is 11.4. The number of ketones is 1. The van der Waals surface area contributed by atoms with E-state index < -0.39 is 0 Å². The molecule has 122 valence electrons. The Balaban J connectivity index is 1.78. The minimum absolute atomic E-state index is 0.0912. The number of thioether (sulfide) groups is 1. The van der Waals surface area contributed by atoms with Crippen molar-refractivity contribution < 1.29 is 4.79 Å². The molecule has 0 aliphatic rings. The van der Waals surface area contributed by atoms with E-state index in [0.717, 1.165) is 27.7 Å². The van der Waals surface area contributed by atoms with Gasteiger partial charge in [0.05, 0.1) is 5.25 Å². The van der Waals surface area contributed by atoms with Crippen molar-refractivity contribution in [2.24, 2.45) is 7.05 Å². The van der Waals surface area contributed by atoms with Gasteiger partial charge in [0.25, 0.3) is 0 Å². The maximum Gasteiger partial charge on any atom is 0.191 e. The van der Waals surface area contributed by atoms with E-state index in [0.29, 0.717) is 0 Å². The summed E-state index contributed by atoms with van der Waals surface area (Å²) in [5, 5.41) is 8.94. The number of aromatic nitrogens is 4. The fraction of sp³-hybridized carbons (Fsp3) is 0.222. The number of Topliss-reactive ketones (excluding diaryl/α,β-unsaturated/α-hetero) is 1. The van der Waals surface area contributed by atoms with Crippen LogP contribution in [-0.2, 0) is 7.05 Å². The van der Waals surface area contributed by atoms with Gasteiger partial charge in [-0.15, -0.1) is 10.2 Å². The van der Waals surface area contributed by atoms with Gasteiger partial charge >= 0.3 is 0 Å². The Morgan fingerprint density at radius 3 is 2.42 bits per heavy atom. The molecular weight excluding hydrogens is 320 g/mol. The fourth-order valence-corrected chi connectivity index (χ4v) is 3.23.